The van der Waals surface area contributed by atoms with Gasteiger partial charge in [-0.05, 0) is 24.2 Å². The van der Waals surface area contributed by atoms with Crippen LogP contribution >= 0.6 is 0 Å². The van der Waals surface area contributed by atoms with Crippen LogP contribution in [0.15, 0.2) is 24.3 Å². The van der Waals surface area contributed by atoms with Gasteiger partial charge in [0.2, 0.25) is 0 Å². The van der Waals surface area contributed by atoms with Crippen molar-refractivity contribution in [2.45, 2.75) is 26.9 Å². The molecule has 0 saturated heterocycles. The third-order valence-corrected chi connectivity index (χ3v) is 3.04. The Bertz CT molecular complexity index is 328. The largest absolute Gasteiger partial charge is 0.383 e. The highest BCUT2D eigenvalue weighted by atomic mass is 16.5. The summed E-state index contributed by atoms with van der Waals surface area (Å²) in [4.78, 5) is 2.40. The molecule has 1 rings (SSSR count). The van der Waals surface area contributed by atoms with E-state index < -0.39 is 0 Å². The zero-order valence-corrected chi connectivity index (χ0v) is 11.9. The SMILES string of the molecule is CCNCc1cccc(CN(CC)CCOC)c1. The second-order valence-electron chi connectivity index (χ2n) is 4.46. The van der Waals surface area contributed by atoms with Gasteiger partial charge in [0.05, 0.1) is 6.61 Å². The maximum absolute atomic E-state index is 5.14. The number of methoxy groups -OCH3 is 1. The first kappa shape index (κ1) is 15.2. The van der Waals surface area contributed by atoms with Crippen LogP contribution in [0.2, 0.25) is 0 Å². The third-order valence-electron chi connectivity index (χ3n) is 3.04. The predicted molar refractivity (Wildman–Crippen MR) is 76.6 cm³/mol. The maximum atomic E-state index is 5.14. The highest BCUT2D eigenvalue weighted by Gasteiger charge is 2.03. The van der Waals surface area contributed by atoms with E-state index >= 15 is 0 Å². The summed E-state index contributed by atoms with van der Waals surface area (Å²) in [6.45, 7) is 10.1. The van der Waals surface area contributed by atoms with Crippen LogP contribution < -0.4 is 5.32 Å². The van der Waals surface area contributed by atoms with Crippen molar-refractivity contribution in [2.24, 2.45) is 0 Å². The smallest absolute Gasteiger partial charge is 0.0589 e. The molecule has 3 nitrogen and oxygen atoms in total. The Labute approximate surface area is 111 Å². The quantitative estimate of drug-likeness (QED) is 0.727. The minimum Gasteiger partial charge on any atom is -0.383 e. The van der Waals surface area contributed by atoms with Crippen LogP contribution in [0.4, 0.5) is 0 Å². The van der Waals surface area contributed by atoms with Gasteiger partial charge in [0.15, 0.2) is 0 Å². The fourth-order valence-electron chi connectivity index (χ4n) is 1.93. The summed E-state index contributed by atoms with van der Waals surface area (Å²) in [6.07, 6.45) is 0. The van der Waals surface area contributed by atoms with Crippen molar-refractivity contribution < 1.29 is 4.74 Å². The average molecular weight is 250 g/mol. The Morgan fingerprint density at radius 2 is 2.00 bits per heavy atom. The van der Waals surface area contributed by atoms with E-state index in [9.17, 15) is 0 Å². The van der Waals surface area contributed by atoms with Crippen LogP contribution in [-0.4, -0.2) is 38.3 Å². The molecule has 102 valence electrons. The number of hydrogen-bond donors (Lipinski definition) is 1. The van der Waals surface area contributed by atoms with Gasteiger partial charge in [0.25, 0.3) is 0 Å². The average Bonchev–Trinajstić information content (AvgIpc) is 2.41. The molecule has 0 saturated carbocycles. The zero-order valence-electron chi connectivity index (χ0n) is 11.9. The summed E-state index contributed by atoms with van der Waals surface area (Å²) in [5.74, 6) is 0. The molecule has 1 N–H and O–H groups in total. The highest BCUT2D eigenvalue weighted by Crippen LogP contribution is 2.08. The second-order valence-corrected chi connectivity index (χ2v) is 4.46. The van der Waals surface area contributed by atoms with Gasteiger partial charge in [-0.1, -0.05) is 38.1 Å². The van der Waals surface area contributed by atoms with Crippen LogP contribution in [0.1, 0.15) is 25.0 Å². The molecule has 0 spiro atoms. The summed E-state index contributed by atoms with van der Waals surface area (Å²) in [6, 6.07) is 8.81. The molecule has 1 aromatic rings. The lowest BCUT2D eigenvalue weighted by atomic mass is 10.1. The molecule has 0 heterocycles. The summed E-state index contributed by atoms with van der Waals surface area (Å²) in [5.41, 5.74) is 2.74. The fourth-order valence-corrected chi connectivity index (χ4v) is 1.93. The molecule has 0 amide bonds. The van der Waals surface area contributed by atoms with Crippen LogP contribution in [0.3, 0.4) is 0 Å². The van der Waals surface area contributed by atoms with Crippen LogP contribution in [0.25, 0.3) is 0 Å². The molecule has 0 unspecified atom stereocenters. The monoisotopic (exact) mass is 250 g/mol. The van der Waals surface area contributed by atoms with Crippen LogP contribution in [0.5, 0.6) is 0 Å². The van der Waals surface area contributed by atoms with E-state index in [0.29, 0.717) is 0 Å². The van der Waals surface area contributed by atoms with E-state index in [2.05, 4.69) is 48.3 Å². The van der Waals surface area contributed by atoms with Gasteiger partial charge in [-0.15, -0.1) is 0 Å². The lowest BCUT2D eigenvalue weighted by Gasteiger charge is -2.20. The van der Waals surface area contributed by atoms with Crippen molar-refractivity contribution in [3.05, 3.63) is 35.4 Å². The van der Waals surface area contributed by atoms with E-state index in [-0.39, 0.29) is 0 Å². The first-order valence-electron chi connectivity index (χ1n) is 6.80. The molecule has 18 heavy (non-hydrogen) atoms. The number of hydrogen-bond acceptors (Lipinski definition) is 3. The molecular weight excluding hydrogens is 224 g/mol. The Morgan fingerprint density at radius 1 is 1.22 bits per heavy atom. The summed E-state index contributed by atoms with van der Waals surface area (Å²) in [5, 5.41) is 3.36. The minimum absolute atomic E-state index is 0.797. The Hall–Kier alpha value is -0.900. The van der Waals surface area contributed by atoms with Crippen molar-refractivity contribution in [2.75, 3.05) is 33.4 Å². The Morgan fingerprint density at radius 3 is 2.67 bits per heavy atom. The number of nitrogens with one attached hydrogen (secondary N) is 1. The van der Waals surface area contributed by atoms with Gasteiger partial charge in [0, 0.05) is 26.7 Å². The topological polar surface area (TPSA) is 24.5 Å². The molecule has 0 fully saturated rings. The number of ether oxygens (including phenoxy) is 1. The first-order chi connectivity index (χ1) is 8.80. The lowest BCUT2D eigenvalue weighted by Crippen LogP contribution is -2.26. The summed E-state index contributed by atoms with van der Waals surface area (Å²) < 4.78 is 5.14. The third kappa shape index (κ3) is 5.63. The maximum Gasteiger partial charge on any atom is 0.0589 e. The normalized spacial score (nSPS) is 11.1. The van der Waals surface area contributed by atoms with Crippen molar-refractivity contribution in [1.29, 1.82) is 0 Å². The van der Waals surface area contributed by atoms with Crippen molar-refractivity contribution in [3.63, 3.8) is 0 Å². The molecule has 1 aromatic carbocycles. The number of likely N-dealkylation sites (N-methyl/N-ethyl adjacent to an activating group) is 1. The first-order valence-corrected chi connectivity index (χ1v) is 6.80. The fraction of sp³-hybridized carbons (Fsp3) is 0.600. The van der Waals surface area contributed by atoms with Crippen LogP contribution in [-0.2, 0) is 17.8 Å². The van der Waals surface area contributed by atoms with Gasteiger partial charge < -0.3 is 10.1 Å². The second kappa shape index (κ2) is 9.09. The molecular formula is C15H26N2O. The zero-order chi connectivity index (χ0) is 13.2. The van der Waals surface area contributed by atoms with E-state index in [1.54, 1.807) is 7.11 Å². The standard InChI is InChI=1S/C15H26N2O/c1-4-16-12-14-7-6-8-15(11-14)13-17(5-2)9-10-18-3/h6-8,11,16H,4-5,9-10,12-13H2,1-3H3. The van der Waals surface area contributed by atoms with E-state index in [1.165, 1.54) is 11.1 Å². The summed E-state index contributed by atoms with van der Waals surface area (Å²) >= 11 is 0. The molecule has 0 atom stereocenters. The molecule has 0 bridgehead atoms. The molecule has 0 aliphatic rings. The lowest BCUT2D eigenvalue weighted by molar-refractivity contribution is 0.147. The number of nitrogens with zero attached hydrogens (tertiary/aromatic N) is 1. The van der Waals surface area contributed by atoms with Gasteiger partial charge in [-0.2, -0.15) is 0 Å². The van der Waals surface area contributed by atoms with E-state index in [4.69, 9.17) is 4.74 Å². The molecule has 3 heteroatoms. The number of benzene rings is 1. The van der Waals surface area contributed by atoms with E-state index in [1.807, 2.05) is 0 Å². The van der Waals surface area contributed by atoms with Crippen molar-refractivity contribution in [3.8, 4) is 0 Å². The Balaban J connectivity index is 2.53. The Kier molecular flexibility index (Phi) is 7.65. The van der Waals surface area contributed by atoms with Gasteiger partial charge in [-0.3, -0.25) is 4.90 Å². The molecule has 0 aliphatic heterocycles. The minimum atomic E-state index is 0.797. The summed E-state index contributed by atoms with van der Waals surface area (Å²) in [7, 11) is 1.75. The van der Waals surface area contributed by atoms with Gasteiger partial charge >= 0.3 is 0 Å². The molecule has 0 aromatic heterocycles. The number of rotatable bonds is 9. The van der Waals surface area contributed by atoms with Crippen molar-refractivity contribution in [1.82, 2.24) is 10.2 Å². The van der Waals surface area contributed by atoms with Crippen molar-refractivity contribution >= 4 is 0 Å². The van der Waals surface area contributed by atoms with Gasteiger partial charge in [0.1, 0.15) is 0 Å². The highest BCUT2D eigenvalue weighted by molar-refractivity contribution is 5.23. The van der Waals surface area contributed by atoms with Crippen LogP contribution in [0, 0.1) is 0 Å². The van der Waals surface area contributed by atoms with Gasteiger partial charge in [-0.25, -0.2) is 0 Å². The molecule has 0 radical (unpaired) electrons. The van der Waals surface area contributed by atoms with E-state index in [0.717, 1.165) is 39.3 Å². The molecule has 0 aliphatic carbocycles. The predicted octanol–water partition coefficient (Wildman–Crippen LogP) is 2.26.